The summed E-state index contributed by atoms with van der Waals surface area (Å²) in [6.07, 6.45) is -1.96. The zero-order chi connectivity index (χ0) is 8.77. The first-order valence-corrected chi connectivity index (χ1v) is 3.75. The fourth-order valence-corrected chi connectivity index (χ4v) is 1.54. The summed E-state index contributed by atoms with van der Waals surface area (Å²) in [4.78, 5) is 0. The molecule has 1 unspecified atom stereocenters. The number of alkyl halides is 2. The van der Waals surface area contributed by atoms with Gasteiger partial charge >= 0.3 is 0 Å². The standard InChI is InChI=1S/C9H8F2O/c10-9(11)5-6-3-1-2-4-7(6)8(9)12/h1-4,8,12H,5H2. The minimum absolute atomic E-state index is 0.343. The second-order valence-corrected chi connectivity index (χ2v) is 3.04. The number of aliphatic hydroxyl groups excluding tert-OH is 1. The topological polar surface area (TPSA) is 20.2 Å². The van der Waals surface area contributed by atoms with Crippen LogP contribution in [0.3, 0.4) is 0 Å². The van der Waals surface area contributed by atoms with Gasteiger partial charge in [-0.2, -0.15) is 0 Å². The molecule has 1 nitrogen and oxygen atoms in total. The SMILES string of the molecule is OC1c2ccccc2CC1(F)F. The first kappa shape index (κ1) is 7.68. The summed E-state index contributed by atoms with van der Waals surface area (Å²) < 4.78 is 25.8. The van der Waals surface area contributed by atoms with Gasteiger partial charge in [0.05, 0.1) is 0 Å². The van der Waals surface area contributed by atoms with Crippen molar-refractivity contribution in [3.8, 4) is 0 Å². The number of aliphatic hydroxyl groups is 1. The highest BCUT2D eigenvalue weighted by Gasteiger charge is 2.46. The molecular formula is C9H8F2O. The van der Waals surface area contributed by atoms with Gasteiger partial charge in [0.2, 0.25) is 0 Å². The number of hydrogen-bond donors (Lipinski definition) is 1. The maximum atomic E-state index is 12.9. The van der Waals surface area contributed by atoms with Crippen LogP contribution in [0.1, 0.15) is 17.2 Å². The van der Waals surface area contributed by atoms with Gasteiger partial charge in [0, 0.05) is 6.42 Å². The Morgan fingerprint density at radius 3 is 2.67 bits per heavy atom. The monoisotopic (exact) mass is 170 g/mol. The predicted octanol–water partition coefficient (Wildman–Crippen LogP) is 1.91. The van der Waals surface area contributed by atoms with Gasteiger partial charge in [-0.1, -0.05) is 24.3 Å². The highest BCUT2D eigenvalue weighted by Crippen LogP contribution is 2.42. The average Bonchev–Trinajstić information content (AvgIpc) is 2.24. The highest BCUT2D eigenvalue weighted by molar-refractivity contribution is 5.36. The molecule has 64 valence electrons. The Morgan fingerprint density at radius 1 is 1.33 bits per heavy atom. The van der Waals surface area contributed by atoms with E-state index in [-0.39, 0.29) is 6.42 Å². The Bertz CT molecular complexity index is 309. The smallest absolute Gasteiger partial charge is 0.281 e. The van der Waals surface area contributed by atoms with E-state index in [0.717, 1.165) is 0 Å². The van der Waals surface area contributed by atoms with Crippen LogP contribution < -0.4 is 0 Å². The number of hydrogen-bond acceptors (Lipinski definition) is 1. The summed E-state index contributed by atoms with van der Waals surface area (Å²) in [6.45, 7) is 0. The number of fused-ring (bicyclic) bond motifs is 1. The first-order valence-electron chi connectivity index (χ1n) is 3.75. The van der Waals surface area contributed by atoms with E-state index in [0.29, 0.717) is 11.1 Å². The van der Waals surface area contributed by atoms with Crippen molar-refractivity contribution in [3.05, 3.63) is 35.4 Å². The summed E-state index contributed by atoms with van der Waals surface area (Å²) >= 11 is 0. The van der Waals surface area contributed by atoms with Gasteiger partial charge in [-0.25, -0.2) is 8.78 Å². The van der Waals surface area contributed by atoms with Crippen molar-refractivity contribution in [3.63, 3.8) is 0 Å². The van der Waals surface area contributed by atoms with E-state index in [1.807, 2.05) is 0 Å². The molecule has 0 saturated carbocycles. The number of rotatable bonds is 0. The second kappa shape index (κ2) is 2.26. The van der Waals surface area contributed by atoms with Gasteiger partial charge in [-0.05, 0) is 11.1 Å². The molecule has 0 heterocycles. The van der Waals surface area contributed by atoms with E-state index < -0.39 is 12.0 Å². The fraction of sp³-hybridized carbons (Fsp3) is 0.333. The molecule has 0 bridgehead atoms. The van der Waals surface area contributed by atoms with E-state index in [2.05, 4.69) is 0 Å². The van der Waals surface area contributed by atoms with Crippen LogP contribution in [-0.2, 0) is 6.42 Å². The largest absolute Gasteiger partial charge is 0.382 e. The van der Waals surface area contributed by atoms with Crippen molar-refractivity contribution in [2.24, 2.45) is 0 Å². The lowest BCUT2D eigenvalue weighted by Crippen LogP contribution is -2.21. The molecule has 0 saturated heterocycles. The lowest BCUT2D eigenvalue weighted by atomic mass is 10.1. The van der Waals surface area contributed by atoms with Crippen molar-refractivity contribution >= 4 is 0 Å². The zero-order valence-electron chi connectivity index (χ0n) is 6.30. The minimum Gasteiger partial charge on any atom is -0.382 e. The van der Waals surface area contributed by atoms with Crippen molar-refractivity contribution in [2.75, 3.05) is 0 Å². The van der Waals surface area contributed by atoms with Crippen molar-refractivity contribution in [2.45, 2.75) is 18.4 Å². The van der Waals surface area contributed by atoms with E-state index in [1.165, 1.54) is 0 Å². The maximum absolute atomic E-state index is 12.9. The van der Waals surface area contributed by atoms with Crippen LogP contribution in [0.5, 0.6) is 0 Å². The Labute approximate surface area is 68.6 Å². The van der Waals surface area contributed by atoms with E-state index in [9.17, 15) is 8.78 Å². The predicted molar refractivity (Wildman–Crippen MR) is 40.1 cm³/mol. The molecule has 2 rings (SSSR count). The lowest BCUT2D eigenvalue weighted by molar-refractivity contribution is -0.0968. The van der Waals surface area contributed by atoms with Gasteiger partial charge in [0.25, 0.3) is 5.92 Å². The Morgan fingerprint density at radius 2 is 2.00 bits per heavy atom. The maximum Gasteiger partial charge on any atom is 0.281 e. The third kappa shape index (κ3) is 0.932. The van der Waals surface area contributed by atoms with Crippen LogP contribution in [0.25, 0.3) is 0 Å². The van der Waals surface area contributed by atoms with E-state index in [1.54, 1.807) is 24.3 Å². The van der Waals surface area contributed by atoms with Gasteiger partial charge in [0.1, 0.15) is 6.10 Å². The quantitative estimate of drug-likeness (QED) is 0.630. The minimum atomic E-state index is -2.98. The van der Waals surface area contributed by atoms with Crippen LogP contribution in [0.2, 0.25) is 0 Å². The molecular weight excluding hydrogens is 162 g/mol. The molecule has 1 aliphatic carbocycles. The molecule has 0 spiro atoms. The van der Waals surface area contributed by atoms with Crippen LogP contribution in [0.4, 0.5) is 8.78 Å². The van der Waals surface area contributed by atoms with Crippen LogP contribution in [0.15, 0.2) is 24.3 Å². The normalized spacial score (nSPS) is 25.4. The molecule has 1 aliphatic rings. The van der Waals surface area contributed by atoms with Crippen LogP contribution in [0, 0.1) is 0 Å². The summed E-state index contributed by atoms with van der Waals surface area (Å²) in [7, 11) is 0. The van der Waals surface area contributed by atoms with Crippen LogP contribution in [-0.4, -0.2) is 11.0 Å². The van der Waals surface area contributed by atoms with Crippen molar-refractivity contribution in [1.82, 2.24) is 0 Å². The molecule has 3 heteroatoms. The molecule has 1 N–H and O–H groups in total. The van der Waals surface area contributed by atoms with Crippen molar-refractivity contribution < 1.29 is 13.9 Å². The Hall–Kier alpha value is -0.960. The number of halogens is 2. The molecule has 0 aromatic heterocycles. The fourth-order valence-electron chi connectivity index (χ4n) is 1.54. The number of benzene rings is 1. The summed E-state index contributed by atoms with van der Waals surface area (Å²) in [5.41, 5.74) is 0.914. The lowest BCUT2D eigenvalue weighted by Gasteiger charge is -2.12. The Balaban J connectivity index is 2.49. The summed E-state index contributed by atoms with van der Waals surface area (Å²) in [5, 5.41) is 9.16. The van der Waals surface area contributed by atoms with E-state index in [4.69, 9.17) is 5.11 Å². The molecule has 1 aromatic carbocycles. The molecule has 1 aromatic rings. The van der Waals surface area contributed by atoms with Gasteiger partial charge in [-0.15, -0.1) is 0 Å². The van der Waals surface area contributed by atoms with Crippen molar-refractivity contribution in [1.29, 1.82) is 0 Å². The van der Waals surface area contributed by atoms with Gasteiger partial charge in [-0.3, -0.25) is 0 Å². The molecule has 0 aliphatic heterocycles. The van der Waals surface area contributed by atoms with E-state index >= 15 is 0 Å². The zero-order valence-corrected chi connectivity index (χ0v) is 6.30. The summed E-state index contributed by atoms with van der Waals surface area (Å²) in [5.74, 6) is -2.98. The molecule has 0 amide bonds. The first-order chi connectivity index (χ1) is 5.61. The van der Waals surface area contributed by atoms with Gasteiger partial charge in [0.15, 0.2) is 0 Å². The Kier molecular flexibility index (Phi) is 1.45. The third-order valence-electron chi connectivity index (χ3n) is 2.18. The highest BCUT2D eigenvalue weighted by atomic mass is 19.3. The van der Waals surface area contributed by atoms with Gasteiger partial charge < -0.3 is 5.11 Å². The molecule has 0 radical (unpaired) electrons. The molecule has 12 heavy (non-hydrogen) atoms. The van der Waals surface area contributed by atoms with Crippen LogP contribution >= 0.6 is 0 Å². The third-order valence-corrected chi connectivity index (χ3v) is 2.18. The molecule has 0 fully saturated rings. The summed E-state index contributed by atoms with van der Waals surface area (Å²) in [6, 6.07) is 6.52. The average molecular weight is 170 g/mol. The molecule has 1 atom stereocenters. The second-order valence-electron chi connectivity index (χ2n) is 3.04.